The Kier molecular flexibility index (Phi) is 5.18. The van der Waals surface area contributed by atoms with E-state index in [2.05, 4.69) is 26.0 Å². The second kappa shape index (κ2) is 7.40. The fourth-order valence-electron chi connectivity index (χ4n) is 2.73. The number of halogens is 1. The van der Waals surface area contributed by atoms with Crippen molar-refractivity contribution in [3.63, 3.8) is 0 Å². The molecule has 0 unspecified atom stereocenters. The van der Waals surface area contributed by atoms with Crippen molar-refractivity contribution in [3.8, 4) is 17.2 Å². The van der Waals surface area contributed by atoms with Crippen molar-refractivity contribution in [2.45, 2.75) is 13.8 Å². The smallest absolute Gasteiger partial charge is 0.282 e. The summed E-state index contributed by atoms with van der Waals surface area (Å²) in [7, 11) is 3.02. The molecule has 8 heteroatoms. The van der Waals surface area contributed by atoms with Crippen molar-refractivity contribution in [2.24, 2.45) is 5.10 Å². The first kappa shape index (κ1) is 18.9. The minimum absolute atomic E-state index is 0.104. The maximum Gasteiger partial charge on any atom is 0.282 e. The monoisotopic (exact) mass is 431 g/mol. The van der Waals surface area contributed by atoms with Gasteiger partial charge < -0.3 is 14.6 Å². The van der Waals surface area contributed by atoms with Gasteiger partial charge >= 0.3 is 0 Å². The van der Waals surface area contributed by atoms with Crippen molar-refractivity contribution < 1.29 is 14.6 Å². The Balaban J connectivity index is 2.17. The third kappa shape index (κ3) is 3.52. The van der Waals surface area contributed by atoms with Crippen molar-refractivity contribution >= 4 is 33.0 Å². The highest BCUT2D eigenvalue weighted by Gasteiger charge is 2.13. The summed E-state index contributed by atoms with van der Waals surface area (Å²) in [6, 6.07) is 6.74. The van der Waals surface area contributed by atoms with Gasteiger partial charge in [-0.2, -0.15) is 9.78 Å². The predicted molar refractivity (Wildman–Crippen MR) is 107 cm³/mol. The van der Waals surface area contributed by atoms with E-state index < -0.39 is 0 Å². The van der Waals surface area contributed by atoms with Gasteiger partial charge in [0.05, 0.1) is 31.3 Å². The van der Waals surface area contributed by atoms with Crippen LogP contribution in [0.4, 0.5) is 0 Å². The molecule has 2 aromatic carbocycles. The lowest BCUT2D eigenvalue weighted by Gasteiger charge is -2.10. The normalized spacial score (nSPS) is 11.3. The summed E-state index contributed by atoms with van der Waals surface area (Å²) in [5, 5.41) is 14.8. The van der Waals surface area contributed by atoms with Crippen LogP contribution in [-0.2, 0) is 0 Å². The Bertz CT molecular complexity index is 1120. The lowest BCUT2D eigenvalue weighted by molar-refractivity contribution is 0.355. The first-order valence-electron chi connectivity index (χ1n) is 8.04. The summed E-state index contributed by atoms with van der Waals surface area (Å²) in [5.74, 6) is 1.44. The molecule has 0 aliphatic carbocycles. The molecule has 0 atom stereocenters. The Morgan fingerprint density at radius 2 is 1.81 bits per heavy atom. The third-order valence-electron chi connectivity index (χ3n) is 4.12. The predicted octanol–water partition coefficient (Wildman–Crippen LogP) is 3.38. The van der Waals surface area contributed by atoms with Crippen LogP contribution in [0, 0.1) is 13.8 Å². The Hall–Kier alpha value is -2.87. The molecule has 0 amide bonds. The molecule has 0 aliphatic heterocycles. The fourth-order valence-corrected chi connectivity index (χ4v) is 3.32. The van der Waals surface area contributed by atoms with E-state index in [0.717, 1.165) is 4.47 Å². The molecule has 27 heavy (non-hydrogen) atoms. The van der Waals surface area contributed by atoms with E-state index in [1.807, 2.05) is 0 Å². The van der Waals surface area contributed by atoms with Crippen LogP contribution in [0.3, 0.4) is 0 Å². The average molecular weight is 432 g/mol. The number of aromatic hydroxyl groups is 1. The van der Waals surface area contributed by atoms with Crippen molar-refractivity contribution in [1.29, 1.82) is 0 Å². The number of aromatic nitrogens is 2. The molecule has 0 radical (unpaired) electrons. The molecule has 3 rings (SSSR count). The molecular formula is C19H18BrN3O4. The highest BCUT2D eigenvalue weighted by molar-refractivity contribution is 9.10. The minimum atomic E-state index is -0.346. The number of aryl methyl sites for hydroxylation is 2. The van der Waals surface area contributed by atoms with Crippen molar-refractivity contribution in [2.75, 3.05) is 14.2 Å². The van der Waals surface area contributed by atoms with Crippen LogP contribution in [-0.4, -0.2) is 35.2 Å². The quantitative estimate of drug-likeness (QED) is 0.639. The van der Waals surface area contributed by atoms with E-state index in [9.17, 15) is 9.90 Å². The molecule has 0 spiro atoms. The summed E-state index contributed by atoms with van der Waals surface area (Å²) in [5.41, 5.74) is 1.33. The van der Waals surface area contributed by atoms with Crippen LogP contribution in [0.15, 0.2) is 38.6 Å². The van der Waals surface area contributed by atoms with Gasteiger partial charge in [-0.15, -0.1) is 0 Å². The van der Waals surface area contributed by atoms with Gasteiger partial charge in [0.25, 0.3) is 5.56 Å². The summed E-state index contributed by atoms with van der Waals surface area (Å²) < 4.78 is 12.5. The van der Waals surface area contributed by atoms with Crippen LogP contribution in [0.5, 0.6) is 17.2 Å². The number of ether oxygens (including phenoxy) is 2. The zero-order valence-electron chi connectivity index (χ0n) is 15.3. The number of phenols is 1. The van der Waals surface area contributed by atoms with Gasteiger partial charge in [-0.25, -0.2) is 4.98 Å². The van der Waals surface area contributed by atoms with Gasteiger partial charge in [-0.05, 0) is 37.6 Å². The number of hydrogen-bond acceptors (Lipinski definition) is 6. The third-order valence-corrected chi connectivity index (χ3v) is 4.58. The average Bonchev–Trinajstić information content (AvgIpc) is 2.64. The van der Waals surface area contributed by atoms with Crippen LogP contribution in [0.1, 0.15) is 17.0 Å². The molecule has 1 N–H and O–H groups in total. The molecular weight excluding hydrogens is 414 g/mol. The zero-order valence-corrected chi connectivity index (χ0v) is 16.9. The topological polar surface area (TPSA) is 85.9 Å². The molecule has 0 saturated heterocycles. The molecule has 0 fully saturated rings. The van der Waals surface area contributed by atoms with Gasteiger partial charge in [0.2, 0.25) is 0 Å². The van der Waals surface area contributed by atoms with Crippen molar-refractivity contribution in [1.82, 2.24) is 9.66 Å². The molecule has 1 aromatic heterocycles. The highest BCUT2D eigenvalue weighted by Crippen LogP contribution is 2.30. The SMILES string of the molecule is COc1cc2nc(C)n(N=Cc3cc(Br)cc(C)c3O)c(=O)c2cc1OC. The molecule has 0 bridgehead atoms. The minimum Gasteiger partial charge on any atom is -0.507 e. The fraction of sp³-hybridized carbons (Fsp3) is 0.211. The van der Waals surface area contributed by atoms with E-state index in [1.165, 1.54) is 25.1 Å². The van der Waals surface area contributed by atoms with Gasteiger partial charge in [-0.1, -0.05) is 15.9 Å². The maximum atomic E-state index is 12.9. The van der Waals surface area contributed by atoms with Gasteiger partial charge in [0.1, 0.15) is 11.6 Å². The van der Waals surface area contributed by atoms with Crippen LogP contribution in [0.25, 0.3) is 10.9 Å². The number of nitrogens with zero attached hydrogens (tertiary/aromatic N) is 3. The summed E-state index contributed by atoms with van der Waals surface area (Å²) in [6.45, 7) is 3.47. The lowest BCUT2D eigenvalue weighted by atomic mass is 10.1. The Morgan fingerprint density at radius 3 is 2.48 bits per heavy atom. The summed E-state index contributed by atoms with van der Waals surface area (Å²) >= 11 is 3.38. The summed E-state index contributed by atoms with van der Waals surface area (Å²) in [6.07, 6.45) is 1.43. The number of rotatable bonds is 4. The van der Waals surface area contributed by atoms with E-state index >= 15 is 0 Å². The Labute approximate surface area is 164 Å². The number of phenolic OH excluding ortho intramolecular Hbond substituents is 1. The molecule has 3 aromatic rings. The maximum absolute atomic E-state index is 12.9. The standard InChI is InChI=1S/C19H18BrN3O4/c1-10-5-13(20)6-12(18(10)24)9-21-23-11(2)22-15-8-17(27-4)16(26-3)7-14(15)19(23)25/h5-9,24H,1-4H3. The largest absolute Gasteiger partial charge is 0.507 e. The molecule has 0 aliphatic rings. The van der Waals surface area contributed by atoms with Crippen molar-refractivity contribution in [3.05, 3.63) is 56.0 Å². The van der Waals surface area contributed by atoms with Crippen LogP contribution < -0.4 is 15.0 Å². The highest BCUT2D eigenvalue weighted by atomic mass is 79.9. The molecule has 7 nitrogen and oxygen atoms in total. The first-order chi connectivity index (χ1) is 12.8. The second-order valence-corrected chi connectivity index (χ2v) is 6.82. The number of methoxy groups -OCH3 is 2. The zero-order chi connectivity index (χ0) is 19.7. The molecule has 0 saturated carbocycles. The lowest BCUT2D eigenvalue weighted by Crippen LogP contribution is -2.20. The van der Waals surface area contributed by atoms with E-state index in [1.54, 1.807) is 38.1 Å². The number of fused-ring (bicyclic) bond motifs is 1. The van der Waals surface area contributed by atoms with Crippen LogP contribution in [0.2, 0.25) is 0 Å². The van der Waals surface area contributed by atoms with E-state index in [4.69, 9.17) is 9.47 Å². The molecule has 140 valence electrons. The van der Waals surface area contributed by atoms with Gasteiger partial charge in [0.15, 0.2) is 11.5 Å². The second-order valence-electron chi connectivity index (χ2n) is 5.91. The molecule has 1 heterocycles. The van der Waals surface area contributed by atoms with Gasteiger partial charge in [-0.3, -0.25) is 4.79 Å². The van der Waals surface area contributed by atoms with E-state index in [-0.39, 0.29) is 11.3 Å². The number of benzene rings is 2. The Morgan fingerprint density at radius 1 is 1.15 bits per heavy atom. The summed E-state index contributed by atoms with van der Waals surface area (Å²) in [4.78, 5) is 17.3. The van der Waals surface area contributed by atoms with E-state index in [0.29, 0.717) is 39.4 Å². The number of hydrogen-bond donors (Lipinski definition) is 1. The van der Waals surface area contributed by atoms with Crippen LogP contribution >= 0.6 is 15.9 Å². The first-order valence-corrected chi connectivity index (χ1v) is 8.84. The van der Waals surface area contributed by atoms with Gasteiger partial charge in [0, 0.05) is 16.1 Å².